The number of ether oxygens (including phenoxy) is 1. The average Bonchev–Trinajstić information content (AvgIpc) is 3.70. The fraction of sp³-hybridized carbons (Fsp3) is 0.333. The lowest BCUT2D eigenvalue weighted by atomic mass is 9.84. The second kappa shape index (κ2) is 9.58. The van der Waals surface area contributed by atoms with Crippen LogP contribution >= 0.6 is 0 Å². The van der Waals surface area contributed by atoms with Crippen LogP contribution in [0.2, 0.25) is 0 Å². The fourth-order valence-electron chi connectivity index (χ4n) is 6.93. The predicted octanol–water partition coefficient (Wildman–Crippen LogP) is 2.18. The quantitative estimate of drug-likeness (QED) is 0.252. The molecule has 5 heterocycles. The summed E-state index contributed by atoms with van der Waals surface area (Å²) in [6, 6.07) is -0.247. The number of ketones is 1. The van der Waals surface area contributed by atoms with Crippen LogP contribution in [0.5, 0.6) is 0 Å². The smallest absolute Gasteiger partial charge is 0.320 e. The lowest BCUT2D eigenvalue weighted by Crippen LogP contribution is -2.37. The van der Waals surface area contributed by atoms with Crippen molar-refractivity contribution in [3.8, 4) is 0 Å². The summed E-state index contributed by atoms with van der Waals surface area (Å²) in [6.07, 6.45) is 9.78. The number of hydrogen-bond donors (Lipinski definition) is 5. The van der Waals surface area contributed by atoms with E-state index in [1.54, 1.807) is 0 Å². The molecule has 1 fully saturated rings. The standard InChI is InChI=1S/C33H36N4O4/c1-8-18-16(5)22-10-21-14(3)15(4)30(36-21)28-29(33(40)41-7)32(39)27-17(6)23(37-31(27)28)11-25-19(9-2)20(13-38)26(35-25)12-24(18)34-22/h8,10-15,29-30,34-38H,1,9H2,2-7H3/b20-13-,21-10+,23-11-,26-12-/t14-,15-,29+,30?/m0/s1. The zero-order chi connectivity index (χ0) is 29.3. The van der Waals surface area contributed by atoms with E-state index >= 15 is 0 Å². The van der Waals surface area contributed by atoms with Crippen LogP contribution in [0.15, 0.2) is 12.3 Å². The van der Waals surface area contributed by atoms with Gasteiger partial charge in [-0.05, 0) is 66.7 Å². The third-order valence-electron chi connectivity index (χ3n) is 9.44. The van der Waals surface area contributed by atoms with Gasteiger partial charge < -0.3 is 30.1 Å². The van der Waals surface area contributed by atoms with Gasteiger partial charge in [0, 0.05) is 50.4 Å². The molecule has 41 heavy (non-hydrogen) atoms. The predicted molar refractivity (Wildman–Crippen MR) is 161 cm³/mol. The van der Waals surface area contributed by atoms with E-state index in [0.717, 1.165) is 67.6 Å². The first-order chi connectivity index (χ1) is 19.6. The Morgan fingerprint density at radius 3 is 2.44 bits per heavy atom. The number of carbonyl (C=O) groups excluding carboxylic acids is 2. The molecule has 1 saturated heterocycles. The largest absolute Gasteiger partial charge is 0.515 e. The van der Waals surface area contributed by atoms with Crippen LogP contribution in [0.1, 0.15) is 70.5 Å². The molecule has 212 valence electrons. The summed E-state index contributed by atoms with van der Waals surface area (Å²) in [4.78, 5) is 37.5. The minimum Gasteiger partial charge on any atom is -0.515 e. The Morgan fingerprint density at radius 1 is 1.05 bits per heavy atom. The van der Waals surface area contributed by atoms with Crippen LogP contribution in [0.25, 0.3) is 36.1 Å². The molecule has 0 radical (unpaired) electrons. The Bertz CT molecular complexity index is 1930. The summed E-state index contributed by atoms with van der Waals surface area (Å²) in [5.41, 5.74) is 8.72. The molecule has 3 aromatic heterocycles. The molecule has 8 heteroatoms. The summed E-state index contributed by atoms with van der Waals surface area (Å²) in [5.74, 6) is -1.54. The van der Waals surface area contributed by atoms with Crippen LogP contribution in [0, 0.1) is 31.6 Å². The number of Topliss-reactive ketones (excluding diaryl/α,β-unsaturated/α-hetero) is 1. The third kappa shape index (κ3) is 3.73. The highest BCUT2D eigenvalue weighted by atomic mass is 16.5. The highest BCUT2D eigenvalue weighted by molar-refractivity contribution is 6.19. The number of aromatic nitrogens is 3. The topological polar surface area (TPSA) is 123 Å². The lowest BCUT2D eigenvalue weighted by Gasteiger charge is -2.22. The van der Waals surface area contributed by atoms with Crippen LogP contribution in [0.3, 0.4) is 0 Å². The minimum absolute atomic E-state index is 0.105. The lowest BCUT2D eigenvalue weighted by molar-refractivity contribution is -0.141. The number of aromatic amines is 3. The van der Waals surface area contributed by atoms with E-state index in [1.165, 1.54) is 7.11 Å². The van der Waals surface area contributed by atoms with Gasteiger partial charge in [-0.3, -0.25) is 9.59 Å². The summed E-state index contributed by atoms with van der Waals surface area (Å²) < 4.78 is 5.15. The van der Waals surface area contributed by atoms with E-state index < -0.39 is 11.9 Å². The molecule has 1 aliphatic carbocycles. The molecular formula is C33H36N4O4. The number of carbonyl (C=O) groups is 2. The highest BCUT2D eigenvalue weighted by Crippen LogP contribution is 2.40. The summed E-state index contributed by atoms with van der Waals surface area (Å²) in [5, 5.41) is 16.9. The number of fused-ring (bicyclic) bond motifs is 8. The van der Waals surface area contributed by atoms with Gasteiger partial charge in [-0.1, -0.05) is 33.4 Å². The van der Waals surface area contributed by atoms with E-state index in [4.69, 9.17) is 4.74 Å². The van der Waals surface area contributed by atoms with E-state index in [2.05, 4.69) is 53.7 Å². The van der Waals surface area contributed by atoms with Gasteiger partial charge in [0.2, 0.25) is 0 Å². The maximum Gasteiger partial charge on any atom is 0.320 e. The van der Waals surface area contributed by atoms with Crippen LogP contribution in [0.4, 0.5) is 0 Å². The van der Waals surface area contributed by atoms with Crippen LogP contribution in [-0.4, -0.2) is 45.0 Å². The van der Waals surface area contributed by atoms with Crippen molar-refractivity contribution in [3.63, 3.8) is 0 Å². The molecular weight excluding hydrogens is 516 g/mol. The molecule has 1 unspecified atom stereocenters. The second-order valence-electron chi connectivity index (χ2n) is 11.4. The van der Waals surface area contributed by atoms with E-state index in [-0.39, 0.29) is 23.7 Å². The Balaban J connectivity index is 1.77. The van der Waals surface area contributed by atoms with Crippen molar-refractivity contribution in [2.45, 2.75) is 47.1 Å². The maximum absolute atomic E-state index is 13.9. The van der Waals surface area contributed by atoms with Crippen molar-refractivity contribution in [1.82, 2.24) is 20.3 Å². The Kier molecular flexibility index (Phi) is 6.25. The summed E-state index contributed by atoms with van der Waals surface area (Å²) in [7, 11) is 1.33. The third-order valence-corrected chi connectivity index (χ3v) is 9.44. The van der Waals surface area contributed by atoms with Gasteiger partial charge in [-0.25, -0.2) is 0 Å². The van der Waals surface area contributed by atoms with Crippen molar-refractivity contribution in [3.05, 3.63) is 78.4 Å². The van der Waals surface area contributed by atoms with Crippen LogP contribution < -0.4 is 26.6 Å². The van der Waals surface area contributed by atoms with E-state index in [1.807, 2.05) is 32.1 Å². The van der Waals surface area contributed by atoms with Crippen LogP contribution in [-0.2, 0) is 16.0 Å². The zero-order valence-electron chi connectivity index (χ0n) is 24.3. The highest BCUT2D eigenvalue weighted by Gasteiger charge is 2.48. The maximum atomic E-state index is 13.9. The summed E-state index contributed by atoms with van der Waals surface area (Å²) in [6.45, 7) is 14.4. The zero-order valence-corrected chi connectivity index (χ0v) is 24.3. The SMILES string of the molecule is C=Cc1c2[nH]c(c1C)/C=C1/NC(C3=c4[nH]/c(c(C)c4C(=O)[C@@H]3C(=O)OC)=C\c3[nH]c(/c(=C\O)c3CC)=C\2)[C@@H](C)[C@@H]1C. The molecule has 0 spiro atoms. The molecule has 3 aromatic rings. The van der Waals surface area contributed by atoms with Gasteiger partial charge in [-0.2, -0.15) is 0 Å². The molecule has 0 aromatic carbocycles. The first-order valence-electron chi connectivity index (χ1n) is 14.1. The van der Waals surface area contributed by atoms with Gasteiger partial charge in [0.15, 0.2) is 5.78 Å². The number of nitrogens with one attached hydrogen (secondary N) is 4. The number of methoxy groups -OCH3 is 1. The number of H-pyrrole nitrogens is 3. The normalized spacial score (nSPS) is 26.1. The molecule has 8 nitrogen and oxygen atoms in total. The van der Waals surface area contributed by atoms with Crippen molar-refractivity contribution in [2.24, 2.45) is 17.8 Å². The van der Waals surface area contributed by atoms with Crippen molar-refractivity contribution in [2.75, 3.05) is 7.11 Å². The molecule has 6 rings (SSSR count). The molecule has 2 aliphatic heterocycles. The van der Waals surface area contributed by atoms with Crippen molar-refractivity contribution < 1.29 is 19.4 Å². The first kappa shape index (κ1) is 26.7. The molecule has 0 saturated carbocycles. The number of aliphatic hydroxyl groups is 1. The number of hydrogen-bond acceptors (Lipinski definition) is 5. The Hall–Kier alpha value is -4.46. The molecule has 0 amide bonds. The van der Waals surface area contributed by atoms with Gasteiger partial charge >= 0.3 is 5.97 Å². The molecule has 4 atom stereocenters. The molecule has 5 N–H and O–H groups in total. The Morgan fingerprint density at radius 2 is 1.78 bits per heavy atom. The number of rotatable bonds is 3. The van der Waals surface area contributed by atoms with Gasteiger partial charge in [0.1, 0.15) is 5.92 Å². The number of esters is 1. The van der Waals surface area contributed by atoms with E-state index in [0.29, 0.717) is 22.6 Å². The monoisotopic (exact) mass is 552 g/mol. The van der Waals surface area contributed by atoms with Crippen molar-refractivity contribution >= 4 is 47.9 Å². The fourth-order valence-corrected chi connectivity index (χ4v) is 6.93. The van der Waals surface area contributed by atoms with E-state index in [9.17, 15) is 14.7 Å². The average molecular weight is 553 g/mol. The number of aliphatic hydroxyl groups excluding tert-OH is 1. The second-order valence-corrected chi connectivity index (χ2v) is 11.4. The molecule has 8 bridgehead atoms. The van der Waals surface area contributed by atoms with Gasteiger partial charge in [0.05, 0.1) is 30.1 Å². The molecule has 3 aliphatic rings. The van der Waals surface area contributed by atoms with Crippen molar-refractivity contribution in [1.29, 1.82) is 0 Å². The Labute approximate surface area is 237 Å². The first-order valence-corrected chi connectivity index (χ1v) is 14.1. The number of allylic oxidation sites excluding steroid dienone is 1. The summed E-state index contributed by atoms with van der Waals surface area (Å²) >= 11 is 0. The van der Waals surface area contributed by atoms with Gasteiger partial charge in [-0.15, -0.1) is 0 Å². The minimum atomic E-state index is -1.00. The van der Waals surface area contributed by atoms with Gasteiger partial charge in [0.25, 0.3) is 0 Å².